The van der Waals surface area contributed by atoms with Crippen molar-refractivity contribution in [1.29, 1.82) is 0 Å². The first-order valence-corrected chi connectivity index (χ1v) is 60.8. The van der Waals surface area contributed by atoms with Crippen molar-refractivity contribution in [3.8, 4) is 0 Å². The molecule has 0 nitrogen and oxygen atoms in total. The minimum Gasteiger partial charge on any atom is -0.0656 e. The third kappa shape index (κ3) is 4.11. The van der Waals surface area contributed by atoms with Crippen LogP contribution in [-0.4, -0.2) is 68.2 Å². The fraction of sp³-hybridized carbons (Fsp3) is 1.00. The van der Waals surface area contributed by atoms with E-state index in [1.165, 1.54) is 0 Å². The van der Waals surface area contributed by atoms with Crippen LogP contribution in [0.4, 0.5) is 0 Å². The van der Waals surface area contributed by atoms with Crippen LogP contribution in [0.1, 0.15) is 232 Å². The van der Waals surface area contributed by atoms with Crippen molar-refractivity contribution in [1.82, 2.24) is 0 Å². The summed E-state index contributed by atoms with van der Waals surface area (Å²) < 4.78 is 0. The summed E-state index contributed by atoms with van der Waals surface area (Å²) in [6.07, 6.45) is 9.45. The highest BCUT2D eigenvalue weighted by Crippen LogP contribution is 2.99. The van der Waals surface area contributed by atoms with Gasteiger partial charge in [0.1, 0.15) is 0 Å². The lowest BCUT2D eigenvalue weighted by Gasteiger charge is -3.18. The molecule has 4 aliphatic heterocycles. The van der Waals surface area contributed by atoms with Gasteiger partial charge in [-0.05, 0) is 0 Å². The van der Waals surface area contributed by atoms with Crippen molar-refractivity contribution in [2.75, 3.05) is 0 Å². The summed E-state index contributed by atoms with van der Waals surface area (Å²) in [5.74, 6) is 0. The van der Waals surface area contributed by atoms with Crippen molar-refractivity contribution in [2.45, 2.75) is 310 Å². The summed E-state index contributed by atoms with van der Waals surface area (Å²) in [5.41, 5.74) is 14.9. The van der Waals surface area contributed by atoms with E-state index >= 15 is 0 Å². The van der Waals surface area contributed by atoms with E-state index in [2.05, 4.69) is 194 Å². The Morgan fingerprint density at radius 2 is 0.293 bits per heavy atom. The molecule has 0 spiro atoms. The Hall–Kier alpha value is 2.17. The molecule has 0 radical (unpaired) electrons. The Morgan fingerprint density at radius 1 is 0.190 bits per heavy atom. The Morgan fingerprint density at radius 3 is 0.379 bits per heavy atom. The van der Waals surface area contributed by atoms with Crippen LogP contribution in [-0.2, 0) is 0 Å². The normalized spacial score (nSPS) is 38.5. The van der Waals surface area contributed by atoms with Crippen molar-refractivity contribution < 1.29 is 0 Å². The molecule has 4 unspecified atom stereocenters. The fourth-order valence-corrected chi connectivity index (χ4v) is 1000. The van der Waals surface area contributed by atoms with E-state index in [0.29, 0.717) is 0 Å². The van der Waals surface area contributed by atoms with Crippen LogP contribution in [0.5, 0.6) is 0 Å². The van der Waals surface area contributed by atoms with Gasteiger partial charge in [0, 0.05) is 68.2 Å². The lowest BCUT2D eigenvalue weighted by atomic mass is 10.4. The second kappa shape index (κ2) is 16.5. The molecule has 4 fully saturated rings. The van der Waals surface area contributed by atoms with Gasteiger partial charge >= 0.3 is 0 Å². The van der Waals surface area contributed by atoms with Gasteiger partial charge in [-0.25, -0.2) is 0 Å². The molecule has 4 aliphatic rings. The average molecular weight is 968 g/mol. The fourth-order valence-electron chi connectivity index (χ4n) is 25.8. The highest BCUT2D eigenvalue weighted by atomic mass is 30.9. The second-order valence-corrected chi connectivity index (χ2v) is 153. The molecule has 0 aromatic carbocycles. The Balaban J connectivity index is 2.84. The zero-order valence-corrected chi connectivity index (χ0v) is 55.3. The van der Waals surface area contributed by atoms with Crippen LogP contribution in [0, 0.1) is 0 Å². The Labute approximate surface area is 375 Å². The number of rotatable bonds is 20. The van der Waals surface area contributed by atoms with Crippen LogP contribution < -0.4 is 0 Å². The molecule has 4 rings (SSSR count). The maximum Gasteiger partial charge on any atom is 0.0400 e. The SMILES string of the molecule is CC[C@H](C)[Si]12[Si](C(C)C)(C(C)C)[Si](C(C)C)(C(C)C)[Si]1([C@@H](C)CC)[Si]1([C@@H](C)CC)[Si]3([C@@H](C)CC)[Si](C(C)C)(C(C)C)[Si](C(C)C)(C(C)C)[Si]3([C@@H](C)CC)[Si]21[C@@H](C)CC. The molecule has 0 amide bonds. The number of fused-ring (bicyclic) bond motifs is 7. The standard InChI is InChI=1S/C48H110Si10/c1-29-43(23)53-49(35(7)8,36(9)10)50(37(11)12,38(13)14)54(53,44(24)30-2)58(48(28)34-6)56(46(26)32-4)52(41(19)20,42(21)22)51(39(15)16,40(17)18)55(56,45(25)31-3)57(53,58)47(27)33-5/h35-48H,29-34H2,1-28H3/t43-,44-,45-,46-,47-,48-,53?,54?,55?,56?,57?,58?/m0/s1. The van der Waals surface area contributed by atoms with Crippen LogP contribution >= 0.6 is 0 Å². The van der Waals surface area contributed by atoms with E-state index in [1.807, 2.05) is 0 Å². The summed E-state index contributed by atoms with van der Waals surface area (Å²) in [4.78, 5) is 0. The van der Waals surface area contributed by atoms with Crippen molar-refractivity contribution in [2.24, 2.45) is 0 Å². The topological polar surface area (TPSA) is 0 Å². The lowest BCUT2D eigenvalue weighted by Crippen LogP contribution is -3.49. The maximum atomic E-state index is 3.20. The zero-order chi connectivity index (χ0) is 45.3. The van der Waals surface area contributed by atoms with E-state index in [-0.39, 0.29) is 0 Å². The van der Waals surface area contributed by atoms with E-state index in [4.69, 9.17) is 0 Å². The quantitative estimate of drug-likeness (QED) is 0.107. The summed E-state index contributed by atoms with van der Waals surface area (Å²) in [6.45, 7) is 73.4. The first-order chi connectivity index (χ1) is 26.7. The van der Waals surface area contributed by atoms with Crippen LogP contribution in [0.2, 0.25) is 77.6 Å². The molecule has 0 bridgehead atoms. The van der Waals surface area contributed by atoms with Gasteiger partial charge in [0.2, 0.25) is 0 Å². The number of hydrogen-bond donors (Lipinski definition) is 0. The average Bonchev–Trinajstić information content (AvgIpc) is 3.12. The first kappa shape index (κ1) is 52.8. The molecule has 10 atom stereocenters. The molecule has 10 heteroatoms. The molecule has 0 aromatic rings. The van der Waals surface area contributed by atoms with Crippen molar-refractivity contribution in [3.63, 3.8) is 0 Å². The predicted molar refractivity (Wildman–Crippen MR) is 297 cm³/mol. The molecule has 0 saturated carbocycles. The van der Waals surface area contributed by atoms with E-state index in [0.717, 1.165) is 77.6 Å². The highest BCUT2D eigenvalue weighted by molar-refractivity contribution is 8.71. The summed E-state index contributed by atoms with van der Waals surface area (Å²) >= 11 is 0. The Bertz CT molecular complexity index is 1240. The van der Waals surface area contributed by atoms with Crippen molar-refractivity contribution in [3.05, 3.63) is 0 Å². The third-order valence-electron chi connectivity index (χ3n) is 23.7. The maximum absolute atomic E-state index is 3.20. The highest BCUT2D eigenvalue weighted by Gasteiger charge is 3.24. The monoisotopic (exact) mass is 967 g/mol. The summed E-state index contributed by atoms with van der Waals surface area (Å²) in [6, 6.07) is 0. The molecule has 4 saturated heterocycles. The molecule has 4 heterocycles. The molecule has 0 aromatic heterocycles. The molecular formula is C48H110Si10. The third-order valence-corrected chi connectivity index (χ3v) is 414. The molecule has 0 N–H and O–H groups in total. The summed E-state index contributed by atoms with van der Waals surface area (Å²) in [5, 5.41) is 0. The van der Waals surface area contributed by atoms with E-state index in [1.54, 1.807) is 38.5 Å². The van der Waals surface area contributed by atoms with E-state index in [9.17, 15) is 0 Å². The van der Waals surface area contributed by atoms with Gasteiger partial charge in [-0.3, -0.25) is 0 Å². The largest absolute Gasteiger partial charge is 0.0656 e. The zero-order valence-electron chi connectivity index (χ0n) is 45.3. The van der Waals surface area contributed by atoms with Gasteiger partial charge < -0.3 is 0 Å². The summed E-state index contributed by atoms with van der Waals surface area (Å²) in [7, 11) is -7.21. The van der Waals surface area contributed by atoms with Gasteiger partial charge in [-0.15, -0.1) is 0 Å². The van der Waals surface area contributed by atoms with Gasteiger partial charge in [0.15, 0.2) is 0 Å². The van der Waals surface area contributed by atoms with Crippen molar-refractivity contribution >= 4 is 68.2 Å². The van der Waals surface area contributed by atoms with Gasteiger partial charge in [-0.1, -0.05) is 310 Å². The minimum absolute atomic E-state index is 1.02. The van der Waals surface area contributed by atoms with Crippen LogP contribution in [0.15, 0.2) is 0 Å². The molecule has 0 aliphatic carbocycles. The number of hydrogen-bond acceptors (Lipinski definition) is 0. The lowest BCUT2D eigenvalue weighted by molar-refractivity contribution is 0.777. The predicted octanol–water partition coefficient (Wildman–Crippen LogP) is 17.6. The van der Waals surface area contributed by atoms with Gasteiger partial charge in [-0.2, -0.15) is 0 Å². The molecule has 58 heavy (non-hydrogen) atoms. The first-order valence-electron chi connectivity index (χ1n) is 26.7. The smallest absolute Gasteiger partial charge is 0.0400 e. The second-order valence-electron chi connectivity index (χ2n) is 25.4. The van der Waals surface area contributed by atoms with E-state index < -0.39 is 68.2 Å². The Kier molecular flexibility index (Phi) is 15.0. The van der Waals surface area contributed by atoms with Gasteiger partial charge in [0.25, 0.3) is 0 Å². The van der Waals surface area contributed by atoms with Crippen LogP contribution in [0.25, 0.3) is 0 Å². The molecular weight excluding hydrogens is 857 g/mol. The minimum atomic E-state index is -1.84. The molecule has 342 valence electrons. The van der Waals surface area contributed by atoms with Crippen LogP contribution in [0.3, 0.4) is 0 Å². The van der Waals surface area contributed by atoms with Gasteiger partial charge in [0.05, 0.1) is 0 Å².